The number of ether oxygens (including phenoxy) is 1. The van der Waals surface area contributed by atoms with Crippen LogP contribution in [0, 0.1) is 5.92 Å². The molecule has 1 fully saturated rings. The molecule has 0 unspecified atom stereocenters. The van der Waals surface area contributed by atoms with Gasteiger partial charge in [0.05, 0.1) is 18.1 Å². The minimum atomic E-state index is -2.77. The van der Waals surface area contributed by atoms with Crippen LogP contribution in [0.2, 0.25) is 5.04 Å². The van der Waals surface area contributed by atoms with Gasteiger partial charge in [-0.25, -0.2) is 9.69 Å². The van der Waals surface area contributed by atoms with E-state index in [0.717, 1.165) is 11.1 Å². The molecule has 0 radical (unpaired) electrons. The fraction of sp³-hybridized carbons (Fsp3) is 0.300. The number of benzene rings is 4. The number of nitrogens with zero attached hydrogens (tertiary/aromatic N) is 1. The maximum atomic E-state index is 14.2. The Labute approximate surface area is 279 Å². The predicted molar refractivity (Wildman–Crippen MR) is 190 cm³/mol. The molecule has 7 heteroatoms. The molecule has 5 rings (SSSR count). The minimum Gasteiger partial charge on any atom is -0.447 e. The molecule has 2 amide bonds. The summed E-state index contributed by atoms with van der Waals surface area (Å²) >= 11 is 0. The summed E-state index contributed by atoms with van der Waals surface area (Å²) in [6.45, 7) is 7.21. The van der Waals surface area contributed by atoms with Crippen LogP contribution in [0.25, 0.3) is 6.08 Å². The zero-order valence-electron chi connectivity index (χ0n) is 27.5. The summed E-state index contributed by atoms with van der Waals surface area (Å²) in [7, 11) is -2.77. The van der Waals surface area contributed by atoms with Gasteiger partial charge in [-0.3, -0.25) is 4.79 Å². The summed E-state index contributed by atoms with van der Waals surface area (Å²) < 4.78 is 12.5. The number of aliphatic hydroxyl groups excluding tert-OH is 1. The first kappa shape index (κ1) is 34.0. The number of hydrogen-bond donors (Lipinski definition) is 1. The van der Waals surface area contributed by atoms with E-state index in [9.17, 15) is 14.7 Å². The van der Waals surface area contributed by atoms with Crippen LogP contribution in [0.3, 0.4) is 0 Å². The second-order valence-corrected chi connectivity index (χ2v) is 17.5. The van der Waals surface area contributed by atoms with Crippen molar-refractivity contribution in [3.63, 3.8) is 0 Å². The second-order valence-electron chi connectivity index (χ2n) is 13.1. The summed E-state index contributed by atoms with van der Waals surface area (Å²) in [5.74, 6) is -1.29. The summed E-state index contributed by atoms with van der Waals surface area (Å²) in [5.41, 5.74) is 1.92. The third-order valence-corrected chi connectivity index (χ3v) is 14.0. The summed E-state index contributed by atoms with van der Waals surface area (Å²) in [6, 6.07) is 39.8. The van der Waals surface area contributed by atoms with Crippen LogP contribution < -0.4 is 10.4 Å². The number of hydrogen-bond acceptors (Lipinski definition) is 5. The third-order valence-electron chi connectivity index (χ3n) is 8.92. The number of carbonyl (C=O) groups is 2. The van der Waals surface area contributed by atoms with Crippen molar-refractivity contribution in [1.29, 1.82) is 0 Å². The van der Waals surface area contributed by atoms with Gasteiger partial charge >= 0.3 is 6.09 Å². The number of imide groups is 1. The van der Waals surface area contributed by atoms with E-state index in [2.05, 4.69) is 69.3 Å². The maximum absolute atomic E-state index is 14.2. The van der Waals surface area contributed by atoms with Crippen LogP contribution >= 0.6 is 0 Å². The highest BCUT2D eigenvalue weighted by atomic mass is 28.4. The fourth-order valence-electron chi connectivity index (χ4n) is 6.58. The SMILES string of the molecule is CC(C)(C)[Si](OCCC[C@@H](C(=O)N1C(=O)OC[C@H]1Cc1ccccc1)[C@@H](O)/C=C\c1ccccc1)(c1ccccc1)c1ccccc1. The van der Waals surface area contributed by atoms with Crippen molar-refractivity contribution >= 4 is 36.8 Å². The first-order chi connectivity index (χ1) is 22.7. The van der Waals surface area contributed by atoms with Crippen LogP contribution in [0.5, 0.6) is 0 Å². The average Bonchev–Trinajstić information content (AvgIpc) is 3.45. The van der Waals surface area contributed by atoms with Gasteiger partial charge < -0.3 is 14.3 Å². The number of amides is 2. The molecule has 0 aliphatic carbocycles. The molecule has 4 aromatic rings. The Morgan fingerprint density at radius 1 is 0.894 bits per heavy atom. The molecule has 3 atom stereocenters. The van der Waals surface area contributed by atoms with Crippen molar-refractivity contribution in [2.24, 2.45) is 5.92 Å². The van der Waals surface area contributed by atoms with Crippen molar-refractivity contribution in [2.75, 3.05) is 13.2 Å². The minimum absolute atomic E-state index is 0.124. The van der Waals surface area contributed by atoms with Gasteiger partial charge in [0.15, 0.2) is 0 Å². The number of cyclic esters (lactones) is 1. The van der Waals surface area contributed by atoms with Crippen molar-refractivity contribution in [2.45, 2.75) is 57.2 Å². The van der Waals surface area contributed by atoms with E-state index in [0.29, 0.717) is 25.9 Å². The molecule has 1 aliphatic heterocycles. The lowest BCUT2D eigenvalue weighted by atomic mass is 9.93. The van der Waals surface area contributed by atoms with Crippen molar-refractivity contribution in [3.05, 3.63) is 139 Å². The van der Waals surface area contributed by atoms with E-state index in [1.807, 2.05) is 78.9 Å². The monoisotopic (exact) mass is 647 g/mol. The van der Waals surface area contributed by atoms with Gasteiger partial charge in [0.2, 0.25) is 5.91 Å². The lowest BCUT2D eigenvalue weighted by molar-refractivity contribution is -0.136. The molecule has 0 saturated carbocycles. The Bertz CT molecular complexity index is 1570. The lowest BCUT2D eigenvalue weighted by Gasteiger charge is -2.43. The lowest BCUT2D eigenvalue weighted by Crippen LogP contribution is -2.66. The molecule has 1 aliphatic rings. The molecule has 1 heterocycles. The predicted octanol–water partition coefficient (Wildman–Crippen LogP) is 6.62. The van der Waals surface area contributed by atoms with Gasteiger partial charge in [-0.2, -0.15) is 0 Å². The molecule has 0 bridgehead atoms. The summed E-state index contributed by atoms with van der Waals surface area (Å²) in [6.07, 6.45) is 3.02. The number of carbonyl (C=O) groups excluding carboxylic acids is 2. The van der Waals surface area contributed by atoms with E-state index in [4.69, 9.17) is 9.16 Å². The van der Waals surface area contributed by atoms with E-state index >= 15 is 0 Å². The first-order valence-electron chi connectivity index (χ1n) is 16.4. The van der Waals surface area contributed by atoms with Gasteiger partial charge in [0.25, 0.3) is 8.32 Å². The van der Waals surface area contributed by atoms with Crippen LogP contribution in [-0.4, -0.2) is 55.7 Å². The van der Waals surface area contributed by atoms with E-state index in [-0.39, 0.29) is 11.6 Å². The van der Waals surface area contributed by atoms with Crippen LogP contribution in [0.15, 0.2) is 127 Å². The first-order valence-corrected chi connectivity index (χ1v) is 18.3. The molecule has 6 nitrogen and oxygen atoms in total. The molecule has 47 heavy (non-hydrogen) atoms. The molecule has 0 aromatic heterocycles. The number of rotatable bonds is 13. The van der Waals surface area contributed by atoms with Gasteiger partial charge in [-0.15, -0.1) is 0 Å². The molecule has 4 aromatic carbocycles. The molecule has 0 spiro atoms. The Hall–Kier alpha value is -4.30. The molecular formula is C40H45NO5Si. The third kappa shape index (κ3) is 7.99. The smallest absolute Gasteiger partial charge is 0.416 e. The van der Waals surface area contributed by atoms with E-state index in [1.54, 1.807) is 6.08 Å². The highest BCUT2D eigenvalue weighted by Gasteiger charge is 2.50. The van der Waals surface area contributed by atoms with Gasteiger partial charge in [-0.05, 0) is 45.8 Å². The highest BCUT2D eigenvalue weighted by Crippen LogP contribution is 2.37. The van der Waals surface area contributed by atoms with Gasteiger partial charge in [0, 0.05) is 6.61 Å². The van der Waals surface area contributed by atoms with Crippen LogP contribution in [0.1, 0.15) is 44.7 Å². The standard InChI is InChI=1S/C40H45NO5Si/c1-40(2,3)47(34-21-12-6-13-22-34,35-23-14-7-15-24-35)46-28-16-25-36(37(42)27-26-31-17-8-4-9-18-31)38(43)41-33(30-45-39(41)44)29-32-19-10-5-11-20-32/h4-15,17-24,26-27,33,36-37,42H,16,25,28-30H2,1-3H3/b27-26-/t33-,36-,37+/m1/s1. The maximum Gasteiger partial charge on any atom is 0.416 e. The van der Waals surface area contributed by atoms with Crippen LogP contribution in [-0.2, 0) is 20.4 Å². The van der Waals surface area contributed by atoms with Crippen molar-refractivity contribution in [1.82, 2.24) is 4.90 Å². The van der Waals surface area contributed by atoms with Crippen molar-refractivity contribution in [3.8, 4) is 0 Å². The average molecular weight is 648 g/mol. The molecular weight excluding hydrogens is 603 g/mol. The second kappa shape index (κ2) is 15.5. The zero-order chi connectivity index (χ0) is 33.3. The molecule has 244 valence electrons. The fourth-order valence-corrected chi connectivity index (χ4v) is 11.2. The zero-order valence-corrected chi connectivity index (χ0v) is 28.5. The quantitative estimate of drug-likeness (QED) is 0.130. The van der Waals surface area contributed by atoms with Gasteiger partial charge in [0.1, 0.15) is 6.61 Å². The Kier molecular flexibility index (Phi) is 11.2. The summed E-state index contributed by atoms with van der Waals surface area (Å²) in [5, 5.41) is 13.7. The van der Waals surface area contributed by atoms with Crippen LogP contribution in [0.4, 0.5) is 4.79 Å². The molecule has 1 N–H and O–H groups in total. The van der Waals surface area contributed by atoms with Crippen molar-refractivity contribution < 1.29 is 23.9 Å². The summed E-state index contributed by atoms with van der Waals surface area (Å²) in [4.78, 5) is 28.4. The number of aliphatic hydroxyl groups is 1. The van der Waals surface area contributed by atoms with Gasteiger partial charge in [-0.1, -0.05) is 154 Å². The molecule has 1 saturated heterocycles. The largest absolute Gasteiger partial charge is 0.447 e. The van der Waals surface area contributed by atoms with E-state index in [1.165, 1.54) is 15.3 Å². The Morgan fingerprint density at radius 2 is 1.43 bits per heavy atom. The topological polar surface area (TPSA) is 76.1 Å². The van der Waals surface area contributed by atoms with E-state index < -0.39 is 38.4 Å². The Balaban J connectivity index is 1.39. The Morgan fingerprint density at radius 3 is 1.98 bits per heavy atom. The highest BCUT2D eigenvalue weighted by molar-refractivity contribution is 6.99. The normalized spacial score (nSPS) is 16.6.